The number of unbranched alkanes of at least 4 members (excludes halogenated alkanes) is 30. The van der Waals surface area contributed by atoms with Crippen LogP contribution in [0.3, 0.4) is 0 Å². The number of aliphatic carboxylic acids is 1. The highest BCUT2D eigenvalue weighted by molar-refractivity contribution is 5.77. The lowest BCUT2D eigenvalue weighted by Gasteiger charge is -2.50. The lowest BCUT2D eigenvalue weighted by atomic mass is 9.88. The Morgan fingerprint density at radius 2 is 1.04 bits per heavy atom. The Labute approximate surface area is 536 Å². The van der Waals surface area contributed by atoms with Crippen molar-refractivity contribution in [1.29, 1.82) is 0 Å². The van der Waals surface area contributed by atoms with Crippen LogP contribution in [0.1, 0.15) is 245 Å². The number of allylic oxidation sites excluding steroid dienone is 3. The molecule has 14 N–H and O–H groups in total. The zero-order valence-electron chi connectivity index (χ0n) is 54.7. The third kappa shape index (κ3) is 30.3. The molecule has 23 heteroatoms. The van der Waals surface area contributed by atoms with Gasteiger partial charge in [-0.15, -0.1) is 0 Å². The van der Waals surface area contributed by atoms with Crippen LogP contribution in [-0.4, -0.2) is 215 Å². The van der Waals surface area contributed by atoms with Crippen molar-refractivity contribution in [2.24, 2.45) is 0 Å². The standard InChI is InChI=1S/C67H122N2O21/c1-4-6-8-10-12-14-16-18-19-20-21-22-23-24-25-26-27-29-31-33-35-37-39-41-54(77)69-48(49(74)40-38-36-34-32-30-28-17-15-13-11-9-7-5-2)46-85-64-59(81)58(80)61(53(45-72)87-64)88-65-60(82)63(57(79)52(44-71)86-65)90-67(66(83)84)42-50(75)55(68-47(3)73)62(89-67)56(78)51(76)43-70/h18-19,38,40,48-53,55-65,70-72,74-76,78-82H,4-17,20-37,39,41-46H2,1-3H3,(H,68,73)(H,69,77)(H,83,84)/b19-18-,40-38+/t48-,49+,50-,51+,52+,53+,55+,56+,57-,58+,59?,60+,61+,62?,63-,64+,65-,67-/m0/s1. The molecule has 23 nitrogen and oxygen atoms in total. The lowest BCUT2D eigenvalue weighted by Crippen LogP contribution is -2.70. The van der Waals surface area contributed by atoms with E-state index in [9.17, 15) is 75.7 Å². The van der Waals surface area contributed by atoms with Gasteiger partial charge in [0.15, 0.2) is 12.6 Å². The third-order valence-electron chi connectivity index (χ3n) is 17.6. The maximum Gasteiger partial charge on any atom is 0.364 e. The molecular weight excluding hydrogens is 1170 g/mol. The first-order valence-electron chi connectivity index (χ1n) is 34.7. The van der Waals surface area contributed by atoms with Gasteiger partial charge in [0.25, 0.3) is 5.79 Å². The van der Waals surface area contributed by atoms with Gasteiger partial charge in [0.1, 0.15) is 67.1 Å². The van der Waals surface area contributed by atoms with Gasteiger partial charge in [0.05, 0.1) is 50.7 Å². The zero-order chi connectivity index (χ0) is 66.1. The van der Waals surface area contributed by atoms with Gasteiger partial charge in [-0.2, -0.15) is 0 Å². The van der Waals surface area contributed by atoms with Crippen LogP contribution in [0.5, 0.6) is 0 Å². The molecule has 0 radical (unpaired) electrons. The summed E-state index contributed by atoms with van der Waals surface area (Å²) in [4.78, 5) is 38.5. The number of aliphatic hydroxyl groups excluding tert-OH is 11. The molecule has 0 aromatic rings. The van der Waals surface area contributed by atoms with Gasteiger partial charge in [-0.05, 0) is 44.9 Å². The summed E-state index contributed by atoms with van der Waals surface area (Å²) in [5.74, 6) is -6.14. The Bertz CT molecular complexity index is 1920. The van der Waals surface area contributed by atoms with E-state index in [-0.39, 0.29) is 12.3 Å². The number of ether oxygens (including phenoxy) is 6. The Morgan fingerprint density at radius 1 is 0.578 bits per heavy atom. The average molecular weight is 1290 g/mol. The minimum absolute atomic E-state index is 0.201. The third-order valence-corrected chi connectivity index (χ3v) is 17.6. The fourth-order valence-corrected chi connectivity index (χ4v) is 12.1. The summed E-state index contributed by atoms with van der Waals surface area (Å²) < 4.78 is 34.8. The first-order valence-corrected chi connectivity index (χ1v) is 34.7. The first kappa shape index (κ1) is 81.4. The normalized spacial score (nSPS) is 28.7. The van der Waals surface area contributed by atoms with Crippen LogP contribution in [0.2, 0.25) is 0 Å². The number of aliphatic hydroxyl groups is 11. The lowest BCUT2D eigenvalue weighted by molar-refractivity contribution is -0.386. The molecule has 2 unspecified atom stereocenters. The second-order valence-electron chi connectivity index (χ2n) is 25.4. The molecule has 0 aromatic carbocycles. The maximum absolute atomic E-state index is 13.4. The molecule has 3 aliphatic heterocycles. The first-order chi connectivity index (χ1) is 43.4. The van der Waals surface area contributed by atoms with Crippen molar-refractivity contribution < 1.29 is 104 Å². The van der Waals surface area contributed by atoms with Crippen LogP contribution in [0.15, 0.2) is 24.3 Å². The van der Waals surface area contributed by atoms with Crippen LogP contribution in [0.4, 0.5) is 0 Å². The molecule has 3 fully saturated rings. The number of rotatable bonds is 52. The largest absolute Gasteiger partial charge is 0.477 e. The highest BCUT2D eigenvalue weighted by Gasteiger charge is 2.60. The van der Waals surface area contributed by atoms with Crippen molar-refractivity contribution in [2.75, 3.05) is 26.4 Å². The molecule has 0 aromatic heterocycles. The molecule has 18 atom stereocenters. The van der Waals surface area contributed by atoms with Gasteiger partial charge >= 0.3 is 5.97 Å². The molecule has 0 saturated carbocycles. The summed E-state index contributed by atoms with van der Waals surface area (Å²) in [6.45, 7) is 2.12. The van der Waals surface area contributed by atoms with Crippen molar-refractivity contribution in [3.8, 4) is 0 Å². The SMILES string of the molecule is CCCCCCCC/C=C\CCCCCCCCCCCCCCCC(=O)N[C@@H](CO[C@@H]1O[C@H](CO)[C@@H](O[C@@H]2O[C@H](CO)[C@H](O)[C@H](O[C@]3(C(=O)O)C[C@H](O)[C@@H](NC(C)=O)C([C@H](O)[C@H](O)CO)O3)[C@H]2O)[C@H](O)C1O)[C@H](O)/C=C/CCCCCCCCCCCCC. The molecule has 0 bridgehead atoms. The van der Waals surface area contributed by atoms with E-state index in [4.69, 9.17) is 28.4 Å². The van der Waals surface area contributed by atoms with E-state index in [2.05, 4.69) is 36.6 Å². The molecule has 3 aliphatic rings. The predicted octanol–water partition coefficient (Wildman–Crippen LogP) is 6.06. The molecule has 3 heterocycles. The number of hydrogen-bond acceptors (Lipinski definition) is 20. The molecule has 3 rings (SSSR count). The van der Waals surface area contributed by atoms with Crippen LogP contribution >= 0.6 is 0 Å². The summed E-state index contributed by atoms with van der Waals surface area (Å²) >= 11 is 0. The molecule has 3 saturated heterocycles. The summed E-state index contributed by atoms with van der Waals surface area (Å²) in [5, 5.41) is 136. The summed E-state index contributed by atoms with van der Waals surface area (Å²) in [6, 6.07) is -2.62. The Kier molecular flexibility index (Phi) is 43.4. The summed E-state index contributed by atoms with van der Waals surface area (Å²) in [5.41, 5.74) is 0. The van der Waals surface area contributed by atoms with Crippen LogP contribution in [0, 0.1) is 0 Å². The van der Waals surface area contributed by atoms with Crippen molar-refractivity contribution >= 4 is 17.8 Å². The molecule has 90 heavy (non-hydrogen) atoms. The fraction of sp³-hybridized carbons (Fsp3) is 0.896. The van der Waals surface area contributed by atoms with Crippen LogP contribution in [-0.2, 0) is 42.8 Å². The highest BCUT2D eigenvalue weighted by atomic mass is 16.8. The number of carbonyl (C=O) groups is 3. The van der Waals surface area contributed by atoms with Crippen LogP contribution < -0.4 is 10.6 Å². The van der Waals surface area contributed by atoms with E-state index >= 15 is 0 Å². The second-order valence-corrected chi connectivity index (χ2v) is 25.4. The van der Waals surface area contributed by atoms with E-state index < -0.39 is 155 Å². The quantitative estimate of drug-likeness (QED) is 0.0243. The van der Waals surface area contributed by atoms with Crippen molar-refractivity contribution in [2.45, 2.75) is 355 Å². The van der Waals surface area contributed by atoms with Crippen molar-refractivity contribution in [3.05, 3.63) is 24.3 Å². The Balaban J connectivity index is 1.57. The maximum atomic E-state index is 13.4. The number of nitrogens with one attached hydrogen (secondary N) is 2. The minimum atomic E-state index is -3.08. The van der Waals surface area contributed by atoms with Gasteiger partial charge < -0.3 is 100 Å². The molecule has 0 spiro atoms. The monoisotopic (exact) mass is 1290 g/mol. The average Bonchev–Trinajstić information content (AvgIpc) is 0.889. The second kappa shape index (κ2) is 48.0. The van der Waals surface area contributed by atoms with Gasteiger partial charge in [-0.3, -0.25) is 9.59 Å². The topological polar surface area (TPSA) is 373 Å². The van der Waals surface area contributed by atoms with Crippen LogP contribution in [0.25, 0.3) is 0 Å². The Hall–Kier alpha value is -2.79. The summed E-state index contributed by atoms with van der Waals surface area (Å²) in [7, 11) is 0. The predicted molar refractivity (Wildman–Crippen MR) is 338 cm³/mol. The molecule has 0 aliphatic carbocycles. The number of carbonyl (C=O) groups excluding carboxylic acids is 2. The number of carboxylic acids is 1. The van der Waals surface area contributed by atoms with E-state index in [1.165, 1.54) is 154 Å². The van der Waals surface area contributed by atoms with Crippen molar-refractivity contribution in [1.82, 2.24) is 10.6 Å². The van der Waals surface area contributed by atoms with Gasteiger partial charge in [-0.25, -0.2) is 4.79 Å². The van der Waals surface area contributed by atoms with Gasteiger partial charge in [-0.1, -0.05) is 205 Å². The smallest absolute Gasteiger partial charge is 0.364 e. The number of amides is 2. The highest BCUT2D eigenvalue weighted by Crippen LogP contribution is 2.39. The van der Waals surface area contributed by atoms with Crippen molar-refractivity contribution in [3.63, 3.8) is 0 Å². The number of hydrogen-bond donors (Lipinski definition) is 14. The fourth-order valence-electron chi connectivity index (χ4n) is 12.1. The van der Waals surface area contributed by atoms with E-state index in [0.29, 0.717) is 12.8 Å². The van der Waals surface area contributed by atoms with E-state index in [1.54, 1.807) is 6.08 Å². The van der Waals surface area contributed by atoms with Gasteiger partial charge in [0.2, 0.25) is 11.8 Å². The zero-order valence-corrected chi connectivity index (χ0v) is 54.7. The number of carboxylic acid groups (broad SMARTS) is 1. The minimum Gasteiger partial charge on any atom is -0.477 e. The molecular formula is C67H122N2O21. The van der Waals surface area contributed by atoms with E-state index in [1.807, 2.05) is 6.08 Å². The molecule has 2 amide bonds. The molecule has 526 valence electrons. The summed E-state index contributed by atoms with van der Waals surface area (Å²) in [6.07, 6.45) is 18.0. The van der Waals surface area contributed by atoms with Gasteiger partial charge in [0, 0.05) is 19.8 Å². The Morgan fingerprint density at radius 3 is 1.51 bits per heavy atom. The van der Waals surface area contributed by atoms with E-state index in [0.717, 1.165) is 51.9 Å².